The number of rotatable bonds is 4. The zero-order chi connectivity index (χ0) is 20.0. The summed E-state index contributed by atoms with van der Waals surface area (Å²) >= 11 is 0. The highest BCUT2D eigenvalue weighted by atomic mass is 16.1. The third kappa shape index (κ3) is 4.77. The van der Waals surface area contributed by atoms with Gasteiger partial charge in [-0.3, -0.25) is 4.79 Å². The molecule has 1 aromatic heterocycles. The number of benzene rings is 2. The topological polar surface area (TPSA) is 49.0 Å². The number of hydrogen-bond donors (Lipinski definition) is 1. The maximum atomic E-state index is 12.2. The molecule has 0 fully saturated rings. The summed E-state index contributed by atoms with van der Waals surface area (Å²) in [4.78, 5) is 21.6. The fourth-order valence-electron chi connectivity index (χ4n) is 2.93. The third-order valence-corrected chi connectivity index (χ3v) is 4.32. The Labute approximate surface area is 161 Å². The van der Waals surface area contributed by atoms with E-state index in [0.717, 1.165) is 22.3 Å². The van der Waals surface area contributed by atoms with Crippen molar-refractivity contribution < 1.29 is 0 Å². The second kappa shape index (κ2) is 9.05. The number of aromatic amines is 1. The molecule has 1 N–H and O–H groups in total. The van der Waals surface area contributed by atoms with Crippen LogP contribution in [-0.4, -0.2) is 16.5 Å². The molecule has 0 unspecified atom stereocenters. The number of aryl methyl sites for hydroxylation is 3. The molecule has 3 aromatic rings. The average Bonchev–Trinajstić information content (AvgIpc) is 2.64. The molecule has 0 saturated carbocycles. The maximum Gasteiger partial charge on any atom is 0.258 e. The van der Waals surface area contributed by atoms with Gasteiger partial charge in [0.2, 0.25) is 0 Å². The van der Waals surface area contributed by atoms with Crippen LogP contribution in [-0.2, 0) is 6.54 Å². The van der Waals surface area contributed by atoms with E-state index in [-0.39, 0.29) is 5.56 Å². The van der Waals surface area contributed by atoms with E-state index in [2.05, 4.69) is 52.0 Å². The molecule has 0 aliphatic rings. The van der Waals surface area contributed by atoms with Crippen molar-refractivity contribution in [2.45, 2.75) is 41.2 Å². The first-order valence-electron chi connectivity index (χ1n) is 9.23. The van der Waals surface area contributed by atoms with E-state index >= 15 is 0 Å². The van der Waals surface area contributed by atoms with Crippen molar-refractivity contribution in [1.82, 2.24) is 9.97 Å². The van der Waals surface area contributed by atoms with Crippen molar-refractivity contribution in [2.24, 2.45) is 0 Å². The Balaban J connectivity index is 0.00000126. The van der Waals surface area contributed by atoms with Gasteiger partial charge in [-0.05, 0) is 56.2 Å². The molecule has 0 aliphatic carbocycles. The molecule has 0 spiro atoms. The van der Waals surface area contributed by atoms with Gasteiger partial charge in [0.25, 0.3) is 5.56 Å². The summed E-state index contributed by atoms with van der Waals surface area (Å²) in [6.07, 6.45) is 5.56. The normalized spacial score (nSPS) is 10.1. The molecule has 0 saturated heterocycles. The standard InChI is InChI=1S/C21H21N3O.C2H6/c1-5-10-24(18-8-6-14(2)7-9-18)13-17-12-19-20(11-15(17)3)22-16(4)23-21(19)25;1-2/h1,6-9,11-12H,10,13H2,2-4H3,(H,22,23,25);1-2H3. The Morgan fingerprint density at radius 1 is 1.11 bits per heavy atom. The van der Waals surface area contributed by atoms with Crippen LogP contribution in [0, 0.1) is 33.1 Å². The summed E-state index contributed by atoms with van der Waals surface area (Å²) in [5.74, 6) is 3.35. The molecular formula is C23H27N3O. The highest BCUT2D eigenvalue weighted by Gasteiger charge is 2.11. The molecule has 4 heteroatoms. The van der Waals surface area contributed by atoms with E-state index < -0.39 is 0 Å². The van der Waals surface area contributed by atoms with Crippen LogP contribution in [0.2, 0.25) is 0 Å². The maximum absolute atomic E-state index is 12.2. The highest BCUT2D eigenvalue weighted by molar-refractivity contribution is 5.79. The molecule has 0 atom stereocenters. The largest absolute Gasteiger partial charge is 0.356 e. The SMILES string of the molecule is C#CCN(Cc1cc2c(=O)[nH]c(C)nc2cc1C)c1ccc(C)cc1.CC. The van der Waals surface area contributed by atoms with Crippen molar-refractivity contribution in [1.29, 1.82) is 0 Å². The van der Waals surface area contributed by atoms with E-state index in [1.54, 1.807) is 6.92 Å². The second-order valence-electron chi connectivity index (χ2n) is 6.34. The van der Waals surface area contributed by atoms with Crippen molar-refractivity contribution in [3.63, 3.8) is 0 Å². The third-order valence-electron chi connectivity index (χ3n) is 4.32. The van der Waals surface area contributed by atoms with Gasteiger partial charge in [0.1, 0.15) is 5.82 Å². The van der Waals surface area contributed by atoms with E-state index in [1.807, 2.05) is 32.9 Å². The van der Waals surface area contributed by atoms with Gasteiger partial charge in [-0.1, -0.05) is 37.5 Å². The van der Waals surface area contributed by atoms with Crippen molar-refractivity contribution in [3.8, 4) is 12.3 Å². The Morgan fingerprint density at radius 3 is 2.41 bits per heavy atom. The van der Waals surface area contributed by atoms with Gasteiger partial charge >= 0.3 is 0 Å². The van der Waals surface area contributed by atoms with E-state index in [0.29, 0.717) is 24.3 Å². The smallest absolute Gasteiger partial charge is 0.258 e. The molecular weight excluding hydrogens is 334 g/mol. The lowest BCUT2D eigenvalue weighted by Gasteiger charge is -2.24. The molecule has 0 amide bonds. The molecule has 140 valence electrons. The number of terminal acetylenes is 1. The lowest BCUT2D eigenvalue weighted by Crippen LogP contribution is -2.23. The summed E-state index contributed by atoms with van der Waals surface area (Å²) in [6.45, 7) is 11.0. The predicted molar refractivity (Wildman–Crippen MR) is 114 cm³/mol. The minimum absolute atomic E-state index is 0.109. The van der Waals surface area contributed by atoms with Gasteiger partial charge in [0.05, 0.1) is 17.4 Å². The van der Waals surface area contributed by atoms with Gasteiger partial charge in [-0.25, -0.2) is 4.98 Å². The first-order valence-corrected chi connectivity index (χ1v) is 9.23. The molecule has 0 radical (unpaired) electrons. The minimum atomic E-state index is -0.109. The molecule has 0 bridgehead atoms. The number of hydrogen-bond acceptors (Lipinski definition) is 3. The van der Waals surface area contributed by atoms with E-state index in [9.17, 15) is 4.79 Å². The van der Waals surface area contributed by atoms with Crippen molar-refractivity contribution >= 4 is 16.6 Å². The van der Waals surface area contributed by atoms with Gasteiger partial charge in [0, 0.05) is 12.2 Å². The van der Waals surface area contributed by atoms with Crippen LogP contribution >= 0.6 is 0 Å². The highest BCUT2D eigenvalue weighted by Crippen LogP contribution is 2.22. The van der Waals surface area contributed by atoms with Crippen LogP contribution in [0.1, 0.15) is 36.4 Å². The predicted octanol–water partition coefficient (Wildman–Crippen LogP) is 4.51. The van der Waals surface area contributed by atoms with E-state index in [1.165, 1.54) is 5.56 Å². The first-order chi connectivity index (χ1) is 13.0. The van der Waals surface area contributed by atoms with Gasteiger partial charge in [0.15, 0.2) is 0 Å². The van der Waals surface area contributed by atoms with Crippen LogP contribution in [0.3, 0.4) is 0 Å². The van der Waals surface area contributed by atoms with Gasteiger partial charge in [-0.2, -0.15) is 0 Å². The van der Waals surface area contributed by atoms with Crippen LogP contribution < -0.4 is 10.5 Å². The number of aromatic nitrogens is 2. The quantitative estimate of drug-likeness (QED) is 0.695. The second-order valence-corrected chi connectivity index (χ2v) is 6.34. The average molecular weight is 361 g/mol. The lowest BCUT2D eigenvalue weighted by molar-refractivity contribution is 0.872. The summed E-state index contributed by atoms with van der Waals surface area (Å²) in [5.41, 5.74) is 5.06. The zero-order valence-corrected chi connectivity index (χ0v) is 16.8. The monoisotopic (exact) mass is 361 g/mol. The summed E-state index contributed by atoms with van der Waals surface area (Å²) in [7, 11) is 0. The molecule has 27 heavy (non-hydrogen) atoms. The summed E-state index contributed by atoms with van der Waals surface area (Å²) in [5, 5.41) is 0.607. The summed E-state index contributed by atoms with van der Waals surface area (Å²) in [6, 6.07) is 12.2. The first kappa shape index (κ1) is 20.3. The van der Waals surface area contributed by atoms with Crippen LogP contribution in [0.15, 0.2) is 41.2 Å². The van der Waals surface area contributed by atoms with Gasteiger partial charge < -0.3 is 9.88 Å². The van der Waals surface area contributed by atoms with Crippen molar-refractivity contribution in [3.05, 3.63) is 69.3 Å². The van der Waals surface area contributed by atoms with Crippen LogP contribution in [0.5, 0.6) is 0 Å². The molecule has 1 heterocycles. The van der Waals surface area contributed by atoms with Crippen LogP contribution in [0.4, 0.5) is 5.69 Å². The van der Waals surface area contributed by atoms with E-state index in [4.69, 9.17) is 6.42 Å². The molecule has 3 rings (SSSR count). The van der Waals surface area contributed by atoms with Crippen LogP contribution in [0.25, 0.3) is 10.9 Å². The van der Waals surface area contributed by atoms with Crippen molar-refractivity contribution in [2.75, 3.05) is 11.4 Å². The Morgan fingerprint density at radius 2 is 1.78 bits per heavy atom. The number of fused-ring (bicyclic) bond motifs is 1. The fourth-order valence-corrected chi connectivity index (χ4v) is 2.93. The summed E-state index contributed by atoms with van der Waals surface area (Å²) < 4.78 is 0. The lowest BCUT2D eigenvalue weighted by atomic mass is 10.0. The number of anilines is 1. The Kier molecular flexibility index (Phi) is 6.79. The number of nitrogens with zero attached hydrogens (tertiary/aromatic N) is 2. The zero-order valence-electron chi connectivity index (χ0n) is 16.8. The number of H-pyrrole nitrogens is 1. The minimum Gasteiger partial charge on any atom is -0.356 e. The molecule has 4 nitrogen and oxygen atoms in total. The Bertz CT molecular complexity index is 1010. The molecule has 0 aliphatic heterocycles. The Hall–Kier alpha value is -3.06. The van der Waals surface area contributed by atoms with Gasteiger partial charge in [-0.15, -0.1) is 6.42 Å². The fraction of sp³-hybridized carbons (Fsp3) is 0.304. The molecule has 2 aromatic carbocycles. The number of nitrogens with one attached hydrogen (secondary N) is 1.